The number of nitrogens with one attached hydrogen (secondary N) is 1. The van der Waals surface area contributed by atoms with Crippen molar-refractivity contribution in [1.82, 2.24) is 10.2 Å². The van der Waals surface area contributed by atoms with Crippen LogP contribution >= 0.6 is 12.2 Å². The van der Waals surface area contributed by atoms with Gasteiger partial charge in [-0.05, 0) is 56.6 Å². The number of carbonyl (C=O) groups is 3. The number of anilines is 1. The second kappa shape index (κ2) is 13.7. The minimum atomic E-state index is -4.78. The first-order valence-electron chi connectivity index (χ1n) is 12.5. The summed E-state index contributed by atoms with van der Waals surface area (Å²) in [5.74, 6) is -0.818. The molecule has 1 aliphatic heterocycles. The van der Waals surface area contributed by atoms with Gasteiger partial charge in [0.2, 0.25) is 5.91 Å². The quantitative estimate of drug-likeness (QED) is 0.217. The Hall–Kier alpha value is -3.24. The number of nitrogens with zero attached hydrogens (tertiary/aromatic N) is 3. The number of hydrogen-bond donors (Lipinski definition) is 1. The lowest BCUT2D eigenvalue weighted by Crippen LogP contribution is -2.44. The summed E-state index contributed by atoms with van der Waals surface area (Å²) in [6.45, 7) is 8.13. The van der Waals surface area contributed by atoms with Gasteiger partial charge in [0.25, 0.3) is 5.91 Å². The first-order chi connectivity index (χ1) is 18.2. The Morgan fingerprint density at radius 2 is 1.90 bits per heavy atom. The Balaban J connectivity index is 1.84. The molecule has 1 heterocycles. The molecule has 1 N–H and O–H groups in total. The van der Waals surface area contributed by atoms with Crippen molar-refractivity contribution in [3.63, 3.8) is 0 Å². The molecule has 13 heteroatoms. The molecule has 39 heavy (non-hydrogen) atoms. The molecule has 0 spiro atoms. The summed E-state index contributed by atoms with van der Waals surface area (Å²) in [6, 6.07) is 4.52. The Bertz CT molecular complexity index is 1120. The van der Waals surface area contributed by atoms with E-state index in [1.807, 2.05) is 13.8 Å². The van der Waals surface area contributed by atoms with E-state index < -0.39 is 28.7 Å². The predicted molar refractivity (Wildman–Crippen MR) is 141 cm³/mol. The summed E-state index contributed by atoms with van der Waals surface area (Å²) in [5, 5.41) is 11.8. The highest BCUT2D eigenvalue weighted by Crippen LogP contribution is 2.37. The summed E-state index contributed by atoms with van der Waals surface area (Å²) >= 11 is 5.44. The normalized spacial score (nSPS) is 15.1. The van der Waals surface area contributed by atoms with Gasteiger partial charge >= 0.3 is 12.1 Å². The van der Waals surface area contributed by atoms with Crippen LogP contribution in [0.2, 0.25) is 0 Å². The average molecular weight is 571 g/mol. The molecule has 0 aromatic heterocycles. The average Bonchev–Trinajstić information content (AvgIpc) is 3.01. The zero-order valence-electron chi connectivity index (χ0n) is 22.4. The van der Waals surface area contributed by atoms with Crippen LogP contribution in [0.4, 0.5) is 18.9 Å². The molecule has 214 valence electrons. The number of carbonyl (C=O) groups excluding carboxylic acids is 3. The van der Waals surface area contributed by atoms with Crippen LogP contribution < -0.4 is 10.2 Å². The number of nitriles is 1. The molecule has 0 atom stereocenters. The number of thiocarbonyl (C=S) groups is 1. The van der Waals surface area contributed by atoms with E-state index in [4.69, 9.17) is 27.0 Å². The molecule has 0 aliphatic carbocycles. The highest BCUT2D eigenvalue weighted by atomic mass is 32.1. The number of benzene rings is 1. The van der Waals surface area contributed by atoms with Crippen LogP contribution in [0, 0.1) is 17.2 Å². The van der Waals surface area contributed by atoms with Crippen LogP contribution in [0.5, 0.6) is 0 Å². The van der Waals surface area contributed by atoms with Crippen LogP contribution in [0.1, 0.15) is 58.1 Å². The van der Waals surface area contributed by atoms with E-state index in [2.05, 4.69) is 5.32 Å². The topological polar surface area (TPSA) is 112 Å². The maximum Gasteiger partial charge on any atom is 0.417 e. The van der Waals surface area contributed by atoms with Crippen molar-refractivity contribution in [2.24, 2.45) is 5.92 Å². The monoisotopic (exact) mass is 570 g/mol. The second-order valence-corrected chi connectivity index (χ2v) is 10.2. The summed E-state index contributed by atoms with van der Waals surface area (Å²) < 4.78 is 50.7. The van der Waals surface area contributed by atoms with Crippen molar-refractivity contribution in [2.45, 2.75) is 58.7 Å². The van der Waals surface area contributed by atoms with E-state index in [0.29, 0.717) is 12.8 Å². The molecular weight excluding hydrogens is 537 g/mol. The van der Waals surface area contributed by atoms with Gasteiger partial charge in [-0.25, -0.2) is 0 Å². The molecule has 0 bridgehead atoms. The molecular formula is C26H33F3N4O5S. The van der Waals surface area contributed by atoms with Gasteiger partial charge in [0, 0.05) is 25.9 Å². The maximum absolute atomic E-state index is 13.4. The van der Waals surface area contributed by atoms with Gasteiger partial charge in [0.15, 0.2) is 5.11 Å². The highest BCUT2D eigenvalue weighted by molar-refractivity contribution is 7.80. The van der Waals surface area contributed by atoms with E-state index in [9.17, 15) is 27.6 Å². The number of ether oxygens (including phenoxy) is 2. The maximum atomic E-state index is 13.4. The van der Waals surface area contributed by atoms with Crippen LogP contribution in [-0.2, 0) is 30.0 Å². The number of rotatable bonds is 13. The van der Waals surface area contributed by atoms with E-state index in [1.165, 1.54) is 12.1 Å². The molecule has 2 amide bonds. The van der Waals surface area contributed by atoms with Crippen molar-refractivity contribution in [1.29, 1.82) is 5.26 Å². The lowest BCUT2D eigenvalue weighted by molar-refractivity contribution is -0.146. The summed E-state index contributed by atoms with van der Waals surface area (Å²) in [7, 11) is 0. The fraction of sp³-hybridized carbons (Fsp3) is 0.577. The van der Waals surface area contributed by atoms with Gasteiger partial charge in [0.1, 0.15) is 12.1 Å². The largest absolute Gasteiger partial charge is 0.463 e. The number of amides is 2. The van der Waals surface area contributed by atoms with Crippen LogP contribution in [-0.4, -0.2) is 66.2 Å². The second-order valence-electron chi connectivity index (χ2n) is 9.86. The third-order valence-electron chi connectivity index (χ3n) is 5.93. The number of alkyl halides is 3. The van der Waals surface area contributed by atoms with E-state index in [0.717, 1.165) is 17.0 Å². The molecule has 0 saturated carbocycles. The molecule has 1 fully saturated rings. The van der Waals surface area contributed by atoms with Gasteiger partial charge in [0.05, 0.1) is 36.1 Å². The molecule has 1 aromatic rings. The lowest BCUT2D eigenvalue weighted by Gasteiger charge is -2.29. The Morgan fingerprint density at radius 1 is 1.21 bits per heavy atom. The van der Waals surface area contributed by atoms with Gasteiger partial charge in [-0.2, -0.15) is 18.4 Å². The highest BCUT2D eigenvalue weighted by Gasteiger charge is 2.49. The van der Waals surface area contributed by atoms with Crippen molar-refractivity contribution in [3.8, 4) is 6.07 Å². The molecule has 1 saturated heterocycles. The Labute approximate surface area is 231 Å². The third-order valence-corrected chi connectivity index (χ3v) is 6.33. The van der Waals surface area contributed by atoms with E-state index in [-0.39, 0.29) is 67.9 Å². The summed E-state index contributed by atoms with van der Waals surface area (Å²) in [4.78, 5) is 39.4. The first-order valence-corrected chi connectivity index (χ1v) is 12.9. The van der Waals surface area contributed by atoms with Crippen LogP contribution in [0.3, 0.4) is 0 Å². The minimum Gasteiger partial charge on any atom is -0.463 e. The molecule has 1 aliphatic rings. The number of hydrogen-bond acceptors (Lipinski definition) is 7. The number of halogens is 3. The first kappa shape index (κ1) is 32.0. The van der Waals surface area contributed by atoms with Gasteiger partial charge in [-0.3, -0.25) is 19.3 Å². The fourth-order valence-corrected chi connectivity index (χ4v) is 4.41. The smallest absolute Gasteiger partial charge is 0.417 e. The van der Waals surface area contributed by atoms with Crippen molar-refractivity contribution in [3.05, 3.63) is 29.3 Å². The van der Waals surface area contributed by atoms with Crippen LogP contribution in [0.15, 0.2) is 18.2 Å². The van der Waals surface area contributed by atoms with Crippen molar-refractivity contribution >= 4 is 40.8 Å². The van der Waals surface area contributed by atoms with E-state index >= 15 is 0 Å². The lowest BCUT2D eigenvalue weighted by atomic mass is 10.0. The zero-order valence-corrected chi connectivity index (χ0v) is 23.2. The van der Waals surface area contributed by atoms with Crippen LogP contribution in [0.25, 0.3) is 0 Å². The summed E-state index contributed by atoms with van der Waals surface area (Å²) in [6.07, 6.45) is -3.97. The van der Waals surface area contributed by atoms with Gasteiger partial charge < -0.3 is 19.7 Å². The fourth-order valence-electron chi connectivity index (χ4n) is 3.90. The SMILES string of the molecule is CC(C)CC(=O)OCCOCCNC(=O)CCCN1C(=S)N(c2ccc(C#N)c(C(F)(F)F)c2)C(=O)C1(C)C. The van der Waals surface area contributed by atoms with Gasteiger partial charge in [-0.15, -0.1) is 0 Å². The zero-order chi connectivity index (χ0) is 29.4. The van der Waals surface area contributed by atoms with Crippen molar-refractivity contribution in [2.75, 3.05) is 37.8 Å². The van der Waals surface area contributed by atoms with Crippen molar-refractivity contribution < 1.29 is 37.0 Å². The predicted octanol–water partition coefficient (Wildman–Crippen LogP) is 3.79. The molecule has 2 rings (SSSR count). The third kappa shape index (κ3) is 8.63. The Morgan fingerprint density at radius 3 is 2.51 bits per heavy atom. The molecule has 9 nitrogen and oxygen atoms in total. The van der Waals surface area contributed by atoms with E-state index in [1.54, 1.807) is 18.7 Å². The minimum absolute atomic E-state index is 0.0192. The summed E-state index contributed by atoms with van der Waals surface area (Å²) in [5.41, 5.74) is -2.94. The Kier molecular flexibility index (Phi) is 11.2. The molecule has 1 aromatic carbocycles. The van der Waals surface area contributed by atoms with Gasteiger partial charge in [-0.1, -0.05) is 13.8 Å². The number of esters is 1. The standard InChI is InChI=1S/C26H33F3N4O5S/c1-17(2)14-22(35)38-13-12-37-11-9-31-21(34)6-5-10-32-24(39)33(23(36)25(32,3)4)19-8-7-18(16-30)20(15-19)26(27,28)29/h7-8,15,17H,5-6,9-14H2,1-4H3,(H,31,34). The molecule has 0 unspecified atom stereocenters. The molecule has 0 radical (unpaired) electrons.